The van der Waals surface area contributed by atoms with Crippen molar-refractivity contribution in [3.63, 3.8) is 0 Å². The first-order chi connectivity index (χ1) is 11.8. The highest BCUT2D eigenvalue weighted by molar-refractivity contribution is 5.89. The lowest BCUT2D eigenvalue weighted by atomic mass is 10.1. The van der Waals surface area contributed by atoms with Crippen LogP contribution in [-0.2, 0) is 0 Å². The molecule has 2 aromatic heterocycles. The highest BCUT2D eigenvalue weighted by Gasteiger charge is 2.19. The number of carbonyl (C=O) groups excluding carboxylic acids is 1. The molecule has 0 unspecified atom stereocenters. The van der Waals surface area contributed by atoms with Gasteiger partial charge in [-0.25, -0.2) is 13.9 Å². The summed E-state index contributed by atoms with van der Waals surface area (Å²) < 4.78 is 44.4. The summed E-state index contributed by atoms with van der Waals surface area (Å²) in [6.07, 6.45) is 2.13. The molecule has 6 nitrogen and oxygen atoms in total. The first kappa shape index (κ1) is 16.9. The van der Waals surface area contributed by atoms with Crippen molar-refractivity contribution in [3.8, 4) is 0 Å². The summed E-state index contributed by atoms with van der Waals surface area (Å²) in [4.78, 5) is 12.0. The topological polar surface area (TPSA) is 72.1 Å². The smallest absolute Gasteiger partial charge is 0.333 e. The zero-order valence-electron chi connectivity index (χ0n) is 13.4. The van der Waals surface area contributed by atoms with Crippen molar-refractivity contribution in [2.45, 2.75) is 26.4 Å². The zero-order valence-corrected chi connectivity index (χ0v) is 13.4. The van der Waals surface area contributed by atoms with Crippen LogP contribution < -0.4 is 10.6 Å². The number of fused-ring (bicyclic) bond motifs is 1. The molecular formula is C16H15F3N4O2. The molecule has 0 spiro atoms. The molecule has 0 saturated heterocycles. The van der Waals surface area contributed by atoms with E-state index < -0.39 is 18.6 Å². The fourth-order valence-electron chi connectivity index (χ4n) is 2.56. The Bertz CT molecular complexity index is 919. The fraction of sp³-hybridized carbons (Fsp3) is 0.250. The standard InChI is InChI=1S/C16H15F3N4O2/c1-8-12-5-10(17)3-4-13(12)25-14(8)9(2)21-16(24)22-11-6-20-23(7-11)15(18)19/h3-7,9,15H,1-2H3,(H2,21,22,24)/t9-/m0/s1. The van der Waals surface area contributed by atoms with Crippen LogP contribution in [0.2, 0.25) is 0 Å². The van der Waals surface area contributed by atoms with Crippen molar-refractivity contribution in [2.24, 2.45) is 0 Å². The normalized spacial score (nSPS) is 12.6. The Hall–Kier alpha value is -2.97. The molecule has 1 aromatic carbocycles. The second-order valence-electron chi connectivity index (χ2n) is 5.54. The summed E-state index contributed by atoms with van der Waals surface area (Å²) in [5.41, 5.74) is 1.36. The minimum absolute atomic E-state index is 0.133. The van der Waals surface area contributed by atoms with E-state index in [1.54, 1.807) is 13.8 Å². The van der Waals surface area contributed by atoms with Crippen LogP contribution in [0.3, 0.4) is 0 Å². The van der Waals surface area contributed by atoms with Crippen molar-refractivity contribution in [2.75, 3.05) is 5.32 Å². The van der Waals surface area contributed by atoms with Crippen molar-refractivity contribution < 1.29 is 22.4 Å². The van der Waals surface area contributed by atoms with E-state index in [1.807, 2.05) is 0 Å². The Balaban J connectivity index is 1.72. The Morgan fingerprint density at radius 1 is 1.36 bits per heavy atom. The van der Waals surface area contributed by atoms with Crippen LogP contribution in [0.15, 0.2) is 35.0 Å². The van der Waals surface area contributed by atoms with E-state index in [1.165, 1.54) is 18.2 Å². The second kappa shape index (κ2) is 6.50. The number of amides is 2. The van der Waals surface area contributed by atoms with Gasteiger partial charge < -0.3 is 15.1 Å². The van der Waals surface area contributed by atoms with Crippen LogP contribution in [0.4, 0.5) is 23.7 Å². The number of alkyl halides is 2. The number of aromatic nitrogens is 2. The van der Waals surface area contributed by atoms with Gasteiger partial charge in [-0.3, -0.25) is 0 Å². The summed E-state index contributed by atoms with van der Waals surface area (Å²) in [6.45, 7) is 0.684. The first-order valence-corrected chi connectivity index (χ1v) is 7.43. The minimum Gasteiger partial charge on any atom is -0.459 e. The third kappa shape index (κ3) is 3.44. The molecule has 3 rings (SSSR count). The Labute approximate surface area is 140 Å². The number of benzene rings is 1. The number of hydrogen-bond donors (Lipinski definition) is 2. The van der Waals surface area contributed by atoms with E-state index in [0.29, 0.717) is 27.0 Å². The van der Waals surface area contributed by atoms with Gasteiger partial charge in [-0.2, -0.15) is 13.9 Å². The van der Waals surface area contributed by atoms with Gasteiger partial charge in [-0.15, -0.1) is 0 Å². The third-order valence-corrected chi connectivity index (χ3v) is 3.74. The van der Waals surface area contributed by atoms with Crippen molar-refractivity contribution in [1.29, 1.82) is 0 Å². The average Bonchev–Trinajstić information content (AvgIpc) is 3.13. The summed E-state index contributed by atoms with van der Waals surface area (Å²) in [5, 5.41) is 9.10. The van der Waals surface area contributed by atoms with Crippen LogP contribution in [0.25, 0.3) is 11.0 Å². The number of urea groups is 1. The minimum atomic E-state index is -2.78. The van der Waals surface area contributed by atoms with E-state index in [9.17, 15) is 18.0 Å². The van der Waals surface area contributed by atoms with Crippen molar-refractivity contribution in [3.05, 3.63) is 47.7 Å². The molecule has 1 atom stereocenters. The van der Waals surface area contributed by atoms with Crippen molar-refractivity contribution >= 4 is 22.7 Å². The van der Waals surface area contributed by atoms with E-state index in [-0.39, 0.29) is 11.5 Å². The third-order valence-electron chi connectivity index (χ3n) is 3.74. The van der Waals surface area contributed by atoms with Crippen LogP contribution >= 0.6 is 0 Å². The van der Waals surface area contributed by atoms with Gasteiger partial charge in [0.1, 0.15) is 17.2 Å². The molecule has 132 valence electrons. The van der Waals surface area contributed by atoms with Gasteiger partial charge >= 0.3 is 12.6 Å². The Kier molecular flexibility index (Phi) is 4.39. The largest absolute Gasteiger partial charge is 0.459 e. The van der Waals surface area contributed by atoms with Gasteiger partial charge in [-0.05, 0) is 32.0 Å². The number of hydrogen-bond acceptors (Lipinski definition) is 3. The lowest BCUT2D eigenvalue weighted by molar-refractivity contribution is 0.0566. The Morgan fingerprint density at radius 3 is 2.80 bits per heavy atom. The summed E-state index contributed by atoms with van der Waals surface area (Å²) in [6, 6.07) is 3.06. The lowest BCUT2D eigenvalue weighted by Crippen LogP contribution is -2.31. The summed E-state index contributed by atoms with van der Waals surface area (Å²) >= 11 is 0. The van der Waals surface area contributed by atoms with Gasteiger partial charge in [0.25, 0.3) is 0 Å². The number of halogens is 3. The van der Waals surface area contributed by atoms with Crippen LogP contribution in [0.5, 0.6) is 0 Å². The predicted molar refractivity (Wildman–Crippen MR) is 85.0 cm³/mol. The van der Waals surface area contributed by atoms with E-state index in [0.717, 1.165) is 12.4 Å². The van der Waals surface area contributed by atoms with E-state index in [4.69, 9.17) is 4.42 Å². The monoisotopic (exact) mass is 352 g/mol. The number of nitrogens with zero attached hydrogens (tertiary/aromatic N) is 2. The molecule has 2 heterocycles. The van der Waals surface area contributed by atoms with Gasteiger partial charge in [-0.1, -0.05) is 0 Å². The molecule has 3 aromatic rings. The molecule has 0 fully saturated rings. The zero-order chi connectivity index (χ0) is 18.1. The van der Waals surface area contributed by atoms with Crippen LogP contribution in [0, 0.1) is 12.7 Å². The molecular weight excluding hydrogens is 337 g/mol. The Morgan fingerprint density at radius 2 is 2.12 bits per heavy atom. The van der Waals surface area contributed by atoms with E-state index >= 15 is 0 Å². The molecule has 2 amide bonds. The summed E-state index contributed by atoms with van der Waals surface area (Å²) in [7, 11) is 0. The number of carbonyl (C=O) groups is 1. The van der Waals surface area contributed by atoms with Gasteiger partial charge in [0.15, 0.2) is 0 Å². The average molecular weight is 352 g/mol. The molecule has 2 N–H and O–H groups in total. The maximum absolute atomic E-state index is 13.4. The van der Waals surface area contributed by atoms with Gasteiger partial charge in [0.05, 0.1) is 24.1 Å². The number of rotatable bonds is 4. The highest BCUT2D eigenvalue weighted by atomic mass is 19.3. The molecule has 9 heteroatoms. The number of nitrogens with one attached hydrogen (secondary N) is 2. The molecule has 0 saturated carbocycles. The highest BCUT2D eigenvalue weighted by Crippen LogP contribution is 2.30. The molecule has 0 bridgehead atoms. The van der Waals surface area contributed by atoms with Crippen LogP contribution in [0.1, 0.15) is 30.8 Å². The number of furan rings is 1. The fourth-order valence-corrected chi connectivity index (χ4v) is 2.56. The maximum Gasteiger partial charge on any atom is 0.333 e. The SMILES string of the molecule is Cc1c([C@H](C)NC(=O)Nc2cnn(C(F)F)c2)oc2ccc(F)cc12. The lowest BCUT2D eigenvalue weighted by Gasteiger charge is -2.12. The molecule has 0 aliphatic rings. The molecule has 0 radical (unpaired) electrons. The van der Waals surface area contributed by atoms with Crippen LogP contribution in [-0.4, -0.2) is 15.8 Å². The quantitative estimate of drug-likeness (QED) is 0.733. The van der Waals surface area contributed by atoms with E-state index in [2.05, 4.69) is 15.7 Å². The van der Waals surface area contributed by atoms with Crippen molar-refractivity contribution in [1.82, 2.24) is 15.1 Å². The second-order valence-corrected chi connectivity index (χ2v) is 5.54. The maximum atomic E-state index is 13.4. The molecule has 0 aliphatic carbocycles. The predicted octanol–water partition coefficient (Wildman–Crippen LogP) is 4.35. The first-order valence-electron chi connectivity index (χ1n) is 7.43. The molecule has 25 heavy (non-hydrogen) atoms. The number of aryl methyl sites for hydroxylation is 1. The van der Waals surface area contributed by atoms with Gasteiger partial charge in [0, 0.05) is 10.9 Å². The summed E-state index contributed by atoms with van der Waals surface area (Å²) in [5.74, 6) is 0.108. The molecule has 0 aliphatic heterocycles. The van der Waals surface area contributed by atoms with Gasteiger partial charge in [0.2, 0.25) is 0 Å². The number of anilines is 1.